The van der Waals surface area contributed by atoms with Gasteiger partial charge in [-0.3, -0.25) is 0 Å². The molecule has 0 amide bonds. The molecule has 1 aromatic rings. The summed E-state index contributed by atoms with van der Waals surface area (Å²) in [7, 11) is -7.18. The van der Waals surface area contributed by atoms with Crippen molar-refractivity contribution in [2.75, 3.05) is 25.4 Å². The normalized spacial score (nSPS) is 20.0. The standard InChI is InChI=1S/C13H21N3O4S2.ClH/c14-12-5-4-9-16(11-12)21(17,18)10-8-15-22(19,20)13-6-2-1-3-7-13;/h1-3,6-7,12,15H,4-5,8-11,14H2;1H. The van der Waals surface area contributed by atoms with Crippen LogP contribution in [0.5, 0.6) is 0 Å². The van der Waals surface area contributed by atoms with Gasteiger partial charge in [-0.15, -0.1) is 12.4 Å². The molecule has 1 aliphatic heterocycles. The molecule has 1 aliphatic rings. The Bertz CT molecular complexity index is 695. The van der Waals surface area contributed by atoms with Gasteiger partial charge in [0.05, 0.1) is 10.6 Å². The Labute approximate surface area is 143 Å². The Kier molecular flexibility index (Phi) is 7.43. The van der Waals surface area contributed by atoms with Gasteiger partial charge in [-0.1, -0.05) is 18.2 Å². The molecule has 1 unspecified atom stereocenters. The highest BCUT2D eigenvalue weighted by molar-refractivity contribution is 7.90. The molecule has 0 spiro atoms. The van der Waals surface area contributed by atoms with E-state index in [1.54, 1.807) is 18.2 Å². The predicted octanol–water partition coefficient (Wildman–Crippen LogP) is 0.140. The lowest BCUT2D eigenvalue weighted by molar-refractivity contribution is 0.316. The summed E-state index contributed by atoms with van der Waals surface area (Å²) in [4.78, 5) is 0.118. The van der Waals surface area contributed by atoms with E-state index in [1.165, 1.54) is 16.4 Å². The van der Waals surface area contributed by atoms with Gasteiger partial charge >= 0.3 is 0 Å². The number of benzene rings is 1. The zero-order valence-electron chi connectivity index (χ0n) is 12.6. The maximum Gasteiger partial charge on any atom is 0.240 e. The largest absolute Gasteiger partial charge is 0.327 e. The highest BCUT2D eigenvalue weighted by Crippen LogP contribution is 2.13. The van der Waals surface area contributed by atoms with E-state index in [2.05, 4.69) is 4.72 Å². The fraction of sp³-hybridized carbons (Fsp3) is 0.538. The molecule has 23 heavy (non-hydrogen) atoms. The molecule has 1 heterocycles. The highest BCUT2D eigenvalue weighted by Gasteiger charge is 2.27. The van der Waals surface area contributed by atoms with Crippen LogP contribution in [0.3, 0.4) is 0 Å². The molecule has 0 aromatic heterocycles. The van der Waals surface area contributed by atoms with Crippen LogP contribution in [0.2, 0.25) is 0 Å². The van der Waals surface area contributed by atoms with Crippen LogP contribution in [0.1, 0.15) is 12.8 Å². The highest BCUT2D eigenvalue weighted by atomic mass is 35.5. The van der Waals surface area contributed by atoms with Crippen LogP contribution in [0.25, 0.3) is 0 Å². The second kappa shape index (κ2) is 8.41. The predicted molar refractivity (Wildman–Crippen MR) is 91.4 cm³/mol. The smallest absolute Gasteiger partial charge is 0.240 e. The van der Waals surface area contributed by atoms with E-state index in [-0.39, 0.29) is 35.6 Å². The number of nitrogens with one attached hydrogen (secondary N) is 1. The maximum absolute atomic E-state index is 12.2. The van der Waals surface area contributed by atoms with Gasteiger partial charge in [0, 0.05) is 25.7 Å². The van der Waals surface area contributed by atoms with E-state index in [4.69, 9.17) is 5.73 Å². The van der Waals surface area contributed by atoms with Crippen LogP contribution in [0.4, 0.5) is 0 Å². The number of hydrogen-bond donors (Lipinski definition) is 2. The van der Waals surface area contributed by atoms with Gasteiger partial charge in [-0.05, 0) is 25.0 Å². The average Bonchev–Trinajstić information content (AvgIpc) is 2.48. The number of piperidine rings is 1. The molecule has 1 atom stereocenters. The van der Waals surface area contributed by atoms with Crippen molar-refractivity contribution >= 4 is 32.5 Å². The van der Waals surface area contributed by atoms with Crippen LogP contribution in [0.15, 0.2) is 35.2 Å². The molecule has 7 nitrogen and oxygen atoms in total. The SMILES string of the molecule is Cl.NC1CCCN(S(=O)(=O)CCNS(=O)(=O)c2ccccc2)C1. The minimum Gasteiger partial charge on any atom is -0.327 e. The summed E-state index contributed by atoms with van der Waals surface area (Å²) in [5, 5.41) is 0. The Morgan fingerprint density at radius 2 is 1.83 bits per heavy atom. The van der Waals surface area contributed by atoms with E-state index in [1.807, 2.05) is 0 Å². The minimum absolute atomic E-state index is 0. The van der Waals surface area contributed by atoms with E-state index < -0.39 is 20.0 Å². The third-order valence-electron chi connectivity index (χ3n) is 3.52. The Morgan fingerprint density at radius 3 is 2.43 bits per heavy atom. The minimum atomic E-state index is -3.68. The fourth-order valence-electron chi connectivity index (χ4n) is 2.34. The third kappa shape index (κ3) is 5.70. The van der Waals surface area contributed by atoms with Crippen LogP contribution in [0, 0.1) is 0 Å². The van der Waals surface area contributed by atoms with Gasteiger partial charge in [0.1, 0.15) is 0 Å². The van der Waals surface area contributed by atoms with Gasteiger partial charge in [0.25, 0.3) is 0 Å². The quantitative estimate of drug-likeness (QED) is 0.726. The van der Waals surface area contributed by atoms with Crippen molar-refractivity contribution in [3.63, 3.8) is 0 Å². The molecule has 2 rings (SSSR count). The molecule has 10 heteroatoms. The second-order valence-corrected chi connectivity index (χ2v) is 9.14. The molecular formula is C13H22ClN3O4S2. The summed E-state index contributed by atoms with van der Waals surface area (Å²) in [6.45, 7) is 0.584. The summed E-state index contributed by atoms with van der Waals surface area (Å²) >= 11 is 0. The molecule has 3 N–H and O–H groups in total. The molecule has 0 radical (unpaired) electrons. The monoisotopic (exact) mass is 383 g/mol. The molecule has 0 aliphatic carbocycles. The van der Waals surface area contributed by atoms with Crippen molar-refractivity contribution < 1.29 is 16.8 Å². The topological polar surface area (TPSA) is 110 Å². The number of rotatable bonds is 6. The van der Waals surface area contributed by atoms with Crippen molar-refractivity contribution in [1.29, 1.82) is 0 Å². The first-order valence-electron chi connectivity index (χ1n) is 7.09. The van der Waals surface area contributed by atoms with Crippen molar-refractivity contribution in [3.05, 3.63) is 30.3 Å². The maximum atomic E-state index is 12.2. The summed E-state index contributed by atoms with van der Waals surface area (Å²) in [5.74, 6) is -0.272. The lowest BCUT2D eigenvalue weighted by Crippen LogP contribution is -2.47. The van der Waals surface area contributed by atoms with Gasteiger partial charge in [-0.25, -0.2) is 25.9 Å². The first-order chi connectivity index (χ1) is 10.3. The summed E-state index contributed by atoms with van der Waals surface area (Å²) < 4.78 is 52.1. The molecule has 1 fully saturated rings. The Hall–Kier alpha value is -0.710. The van der Waals surface area contributed by atoms with Crippen molar-refractivity contribution in [2.24, 2.45) is 5.73 Å². The Balaban J connectivity index is 0.00000264. The van der Waals surface area contributed by atoms with Crippen molar-refractivity contribution in [3.8, 4) is 0 Å². The molecule has 1 aromatic carbocycles. The van der Waals surface area contributed by atoms with Crippen molar-refractivity contribution in [2.45, 2.75) is 23.8 Å². The Morgan fingerprint density at radius 1 is 1.17 bits per heavy atom. The lowest BCUT2D eigenvalue weighted by atomic mass is 10.1. The first-order valence-corrected chi connectivity index (χ1v) is 10.2. The van der Waals surface area contributed by atoms with Crippen molar-refractivity contribution in [1.82, 2.24) is 9.03 Å². The molecule has 0 saturated carbocycles. The fourth-order valence-corrected chi connectivity index (χ4v) is 4.97. The lowest BCUT2D eigenvalue weighted by Gasteiger charge is -2.29. The van der Waals surface area contributed by atoms with Gasteiger partial charge in [0.15, 0.2) is 0 Å². The number of sulfonamides is 2. The van der Waals surface area contributed by atoms with Gasteiger partial charge in [0.2, 0.25) is 20.0 Å². The summed E-state index contributed by atoms with van der Waals surface area (Å²) in [6.07, 6.45) is 1.54. The van der Waals surface area contributed by atoms with Crippen LogP contribution < -0.4 is 10.5 Å². The molecule has 1 saturated heterocycles. The number of nitrogens with zero attached hydrogens (tertiary/aromatic N) is 1. The van der Waals surface area contributed by atoms with E-state index in [0.717, 1.165) is 12.8 Å². The summed E-state index contributed by atoms with van der Waals surface area (Å²) in [5.41, 5.74) is 5.78. The number of halogens is 1. The second-order valence-electron chi connectivity index (χ2n) is 5.29. The van der Waals surface area contributed by atoms with Crippen LogP contribution >= 0.6 is 12.4 Å². The van der Waals surface area contributed by atoms with E-state index in [0.29, 0.717) is 13.1 Å². The van der Waals surface area contributed by atoms with Gasteiger partial charge in [-0.2, -0.15) is 0 Å². The number of nitrogens with two attached hydrogens (primary N) is 1. The van der Waals surface area contributed by atoms with Gasteiger partial charge < -0.3 is 5.73 Å². The number of hydrogen-bond acceptors (Lipinski definition) is 5. The first kappa shape index (κ1) is 20.3. The zero-order chi connectivity index (χ0) is 16.2. The van der Waals surface area contributed by atoms with Crippen LogP contribution in [-0.2, 0) is 20.0 Å². The third-order valence-corrected chi connectivity index (χ3v) is 6.83. The zero-order valence-corrected chi connectivity index (χ0v) is 15.0. The molecular weight excluding hydrogens is 362 g/mol. The van der Waals surface area contributed by atoms with Crippen LogP contribution in [-0.4, -0.2) is 52.6 Å². The van der Waals surface area contributed by atoms with E-state index in [9.17, 15) is 16.8 Å². The molecule has 0 bridgehead atoms. The summed E-state index contributed by atoms with van der Waals surface area (Å²) in [6, 6.07) is 7.70. The molecule has 132 valence electrons. The van der Waals surface area contributed by atoms with E-state index >= 15 is 0 Å². The average molecular weight is 384 g/mol.